The summed E-state index contributed by atoms with van der Waals surface area (Å²) >= 11 is 0. The van der Waals surface area contributed by atoms with E-state index < -0.39 is 0 Å². The van der Waals surface area contributed by atoms with Gasteiger partial charge >= 0.3 is 0 Å². The first-order chi connectivity index (χ1) is 9.34. The fourth-order valence-corrected chi connectivity index (χ4v) is 2.01. The Hall–Kier alpha value is -2.63. The van der Waals surface area contributed by atoms with E-state index in [0.29, 0.717) is 5.69 Å². The van der Waals surface area contributed by atoms with Crippen molar-refractivity contribution in [2.45, 2.75) is 6.54 Å². The molecule has 0 amide bonds. The molecule has 3 rings (SSSR count). The van der Waals surface area contributed by atoms with Crippen LogP contribution in [-0.4, -0.2) is 26.5 Å². The Balaban J connectivity index is 1.79. The molecule has 2 heterocycles. The van der Waals surface area contributed by atoms with Crippen LogP contribution in [0.25, 0.3) is 10.9 Å². The molecule has 1 aromatic carbocycles. The highest BCUT2D eigenvalue weighted by molar-refractivity contribution is 5.97. The number of rotatable bonds is 4. The van der Waals surface area contributed by atoms with Crippen molar-refractivity contribution in [1.29, 1.82) is 0 Å². The number of fused-ring (bicyclic) bond motifs is 1. The van der Waals surface area contributed by atoms with Gasteiger partial charge in [0.05, 0.1) is 23.9 Å². The minimum absolute atomic E-state index is 0.692. The lowest BCUT2D eigenvalue weighted by Gasteiger charge is -2.10. The summed E-state index contributed by atoms with van der Waals surface area (Å²) in [4.78, 5) is 4.31. The van der Waals surface area contributed by atoms with Crippen molar-refractivity contribution in [3.05, 3.63) is 42.9 Å². The SMILES string of the molecule is Nc1cccc2c(NCCn3ccnn3)ccnc12. The average Bonchev–Trinajstić information content (AvgIpc) is 2.93. The lowest BCUT2D eigenvalue weighted by molar-refractivity contribution is 0.609. The van der Waals surface area contributed by atoms with Crippen molar-refractivity contribution in [1.82, 2.24) is 20.0 Å². The van der Waals surface area contributed by atoms with E-state index >= 15 is 0 Å². The van der Waals surface area contributed by atoms with Gasteiger partial charge < -0.3 is 11.1 Å². The zero-order valence-corrected chi connectivity index (χ0v) is 10.3. The molecule has 0 saturated carbocycles. The second-order valence-corrected chi connectivity index (χ2v) is 4.19. The first-order valence-electron chi connectivity index (χ1n) is 6.06. The largest absolute Gasteiger partial charge is 0.397 e. The Morgan fingerprint density at radius 2 is 2.16 bits per heavy atom. The minimum Gasteiger partial charge on any atom is -0.397 e. The molecule has 0 radical (unpaired) electrons. The average molecular weight is 254 g/mol. The summed E-state index contributed by atoms with van der Waals surface area (Å²) in [5.41, 5.74) is 8.46. The molecule has 0 aliphatic carbocycles. The van der Waals surface area contributed by atoms with Gasteiger partial charge in [-0.2, -0.15) is 0 Å². The molecule has 3 aromatic rings. The van der Waals surface area contributed by atoms with E-state index in [0.717, 1.165) is 29.7 Å². The van der Waals surface area contributed by atoms with Gasteiger partial charge in [-0.05, 0) is 12.1 Å². The van der Waals surface area contributed by atoms with Crippen molar-refractivity contribution in [3.63, 3.8) is 0 Å². The van der Waals surface area contributed by atoms with Gasteiger partial charge in [0.25, 0.3) is 0 Å². The fraction of sp³-hybridized carbons (Fsp3) is 0.154. The Labute approximate surface area is 110 Å². The maximum absolute atomic E-state index is 5.92. The highest BCUT2D eigenvalue weighted by atomic mass is 15.4. The van der Waals surface area contributed by atoms with Crippen LogP contribution >= 0.6 is 0 Å². The first kappa shape index (κ1) is 11.5. The predicted molar refractivity (Wildman–Crippen MR) is 74.7 cm³/mol. The molecule has 3 N–H and O–H groups in total. The molecule has 0 fully saturated rings. The highest BCUT2D eigenvalue weighted by Gasteiger charge is 2.03. The number of nitrogen functional groups attached to an aromatic ring is 1. The molecule has 0 unspecified atom stereocenters. The number of aromatic nitrogens is 4. The van der Waals surface area contributed by atoms with E-state index in [1.807, 2.05) is 30.5 Å². The number of nitrogens with zero attached hydrogens (tertiary/aromatic N) is 4. The zero-order chi connectivity index (χ0) is 13.1. The Morgan fingerprint density at radius 1 is 1.21 bits per heavy atom. The molecule has 0 spiro atoms. The van der Waals surface area contributed by atoms with Crippen molar-refractivity contribution in [2.24, 2.45) is 0 Å². The lowest BCUT2D eigenvalue weighted by Crippen LogP contribution is -2.11. The van der Waals surface area contributed by atoms with E-state index in [-0.39, 0.29) is 0 Å². The van der Waals surface area contributed by atoms with Crippen LogP contribution in [0.4, 0.5) is 11.4 Å². The van der Waals surface area contributed by atoms with Gasteiger partial charge in [0.15, 0.2) is 0 Å². The Morgan fingerprint density at radius 3 is 3.00 bits per heavy atom. The number of nitrogens with two attached hydrogens (primary N) is 1. The van der Waals surface area contributed by atoms with Crippen LogP contribution in [0, 0.1) is 0 Å². The summed E-state index contributed by atoms with van der Waals surface area (Å²) in [5.74, 6) is 0. The molecule has 0 aliphatic heterocycles. The van der Waals surface area contributed by atoms with Crippen LogP contribution in [-0.2, 0) is 6.54 Å². The van der Waals surface area contributed by atoms with E-state index in [1.165, 1.54) is 0 Å². The summed E-state index contributed by atoms with van der Waals surface area (Å²) in [7, 11) is 0. The molecular weight excluding hydrogens is 240 g/mol. The highest BCUT2D eigenvalue weighted by Crippen LogP contribution is 2.25. The van der Waals surface area contributed by atoms with Gasteiger partial charge in [-0.1, -0.05) is 17.3 Å². The standard InChI is InChI=1S/C13H14N6/c14-11-3-1-2-10-12(4-5-16-13(10)11)15-6-8-19-9-7-17-18-19/h1-5,7,9H,6,8,14H2,(H,15,16). The molecular formula is C13H14N6. The fourth-order valence-electron chi connectivity index (χ4n) is 2.01. The van der Waals surface area contributed by atoms with E-state index in [1.54, 1.807) is 17.1 Å². The second kappa shape index (κ2) is 4.93. The predicted octanol–water partition coefficient (Wildman–Crippen LogP) is 1.52. The lowest BCUT2D eigenvalue weighted by atomic mass is 10.1. The summed E-state index contributed by atoms with van der Waals surface area (Å²) < 4.78 is 1.78. The number of anilines is 2. The number of nitrogens with one attached hydrogen (secondary N) is 1. The van der Waals surface area contributed by atoms with Crippen molar-refractivity contribution >= 4 is 22.3 Å². The third-order valence-corrected chi connectivity index (χ3v) is 2.93. The number of pyridine rings is 1. The maximum Gasteiger partial charge on any atom is 0.0951 e. The van der Waals surface area contributed by atoms with Crippen LogP contribution in [0.15, 0.2) is 42.9 Å². The summed E-state index contributed by atoms with van der Waals surface area (Å²) in [6.07, 6.45) is 5.27. The molecule has 0 atom stereocenters. The van der Waals surface area contributed by atoms with Gasteiger partial charge in [0, 0.05) is 30.0 Å². The van der Waals surface area contributed by atoms with Crippen LogP contribution in [0.1, 0.15) is 0 Å². The summed E-state index contributed by atoms with van der Waals surface area (Å²) in [5, 5.41) is 12.1. The molecule has 6 heteroatoms. The van der Waals surface area contributed by atoms with E-state index in [2.05, 4.69) is 20.6 Å². The molecule has 2 aromatic heterocycles. The number of benzene rings is 1. The molecule has 6 nitrogen and oxygen atoms in total. The smallest absolute Gasteiger partial charge is 0.0951 e. The molecule has 19 heavy (non-hydrogen) atoms. The third-order valence-electron chi connectivity index (χ3n) is 2.93. The second-order valence-electron chi connectivity index (χ2n) is 4.19. The van der Waals surface area contributed by atoms with Crippen molar-refractivity contribution < 1.29 is 0 Å². The van der Waals surface area contributed by atoms with Crippen molar-refractivity contribution in [3.8, 4) is 0 Å². The number of hydrogen-bond acceptors (Lipinski definition) is 5. The van der Waals surface area contributed by atoms with Crippen LogP contribution < -0.4 is 11.1 Å². The number of hydrogen-bond donors (Lipinski definition) is 2. The molecule has 0 saturated heterocycles. The van der Waals surface area contributed by atoms with Gasteiger partial charge in [-0.15, -0.1) is 5.10 Å². The normalized spacial score (nSPS) is 10.7. The molecule has 0 aliphatic rings. The van der Waals surface area contributed by atoms with E-state index in [9.17, 15) is 0 Å². The zero-order valence-electron chi connectivity index (χ0n) is 10.3. The monoisotopic (exact) mass is 254 g/mol. The van der Waals surface area contributed by atoms with Crippen LogP contribution in [0.3, 0.4) is 0 Å². The van der Waals surface area contributed by atoms with Gasteiger partial charge in [0.1, 0.15) is 0 Å². The Bertz CT molecular complexity index is 677. The first-order valence-corrected chi connectivity index (χ1v) is 6.06. The molecule has 96 valence electrons. The topological polar surface area (TPSA) is 81.6 Å². The maximum atomic E-state index is 5.92. The Kier molecular flexibility index (Phi) is 2.97. The van der Waals surface area contributed by atoms with E-state index in [4.69, 9.17) is 5.73 Å². The van der Waals surface area contributed by atoms with Gasteiger partial charge in [-0.25, -0.2) is 0 Å². The van der Waals surface area contributed by atoms with Crippen molar-refractivity contribution in [2.75, 3.05) is 17.6 Å². The molecule has 0 bridgehead atoms. The van der Waals surface area contributed by atoms with Gasteiger partial charge in [0.2, 0.25) is 0 Å². The minimum atomic E-state index is 0.692. The summed E-state index contributed by atoms with van der Waals surface area (Å²) in [6.45, 7) is 1.52. The van der Waals surface area contributed by atoms with Crippen LogP contribution in [0.2, 0.25) is 0 Å². The third kappa shape index (κ3) is 2.33. The quantitative estimate of drug-likeness (QED) is 0.690. The number of para-hydroxylation sites is 1. The van der Waals surface area contributed by atoms with Gasteiger partial charge in [-0.3, -0.25) is 9.67 Å². The van der Waals surface area contributed by atoms with Crippen LogP contribution in [0.5, 0.6) is 0 Å². The summed E-state index contributed by atoms with van der Waals surface area (Å²) in [6, 6.07) is 7.75.